The van der Waals surface area contributed by atoms with Crippen LogP contribution in [0.15, 0.2) is 47.4 Å². The standard InChI is InChI=1S/C21H15Cl2F3N2O2S2/c22-15-7-1-4-12(18(15)23)10-16-19(30)28(20(31)32-16)9-3-8-17(29)27-14-6-2-5-13(11-14)21(24,25)26/h1-2,4-7,10-11H,3,8-9H2,(H,27,29)/b16-10-. The van der Waals surface area contributed by atoms with Crippen molar-refractivity contribution in [1.82, 2.24) is 4.90 Å². The Morgan fingerprint density at radius 2 is 1.91 bits per heavy atom. The minimum absolute atomic E-state index is 0.00642. The average Bonchev–Trinajstić information content (AvgIpc) is 2.98. The largest absolute Gasteiger partial charge is 0.416 e. The summed E-state index contributed by atoms with van der Waals surface area (Å²) in [5, 5.41) is 3.12. The van der Waals surface area contributed by atoms with Gasteiger partial charge in [-0.2, -0.15) is 13.2 Å². The van der Waals surface area contributed by atoms with E-state index in [4.69, 9.17) is 35.4 Å². The molecule has 168 valence electrons. The molecular formula is C21H15Cl2F3N2O2S2. The van der Waals surface area contributed by atoms with Gasteiger partial charge in [0.05, 0.1) is 20.5 Å². The highest BCUT2D eigenvalue weighted by molar-refractivity contribution is 8.26. The van der Waals surface area contributed by atoms with E-state index in [-0.39, 0.29) is 31.0 Å². The van der Waals surface area contributed by atoms with Gasteiger partial charge in [0.15, 0.2) is 0 Å². The van der Waals surface area contributed by atoms with E-state index in [9.17, 15) is 22.8 Å². The molecule has 0 saturated carbocycles. The summed E-state index contributed by atoms with van der Waals surface area (Å²) in [7, 11) is 0. The second-order valence-electron chi connectivity index (χ2n) is 6.71. The molecule has 2 aromatic carbocycles. The number of halogens is 5. The number of thiocarbonyl (C=S) groups is 1. The van der Waals surface area contributed by atoms with Gasteiger partial charge < -0.3 is 5.32 Å². The Morgan fingerprint density at radius 3 is 2.62 bits per heavy atom. The Balaban J connectivity index is 1.56. The lowest BCUT2D eigenvalue weighted by molar-refractivity contribution is -0.137. The van der Waals surface area contributed by atoms with Crippen molar-refractivity contribution in [3.63, 3.8) is 0 Å². The molecule has 0 aromatic heterocycles. The molecule has 1 N–H and O–H groups in total. The van der Waals surface area contributed by atoms with Crippen LogP contribution >= 0.6 is 47.2 Å². The number of benzene rings is 2. The van der Waals surface area contributed by atoms with Crippen molar-refractivity contribution in [2.24, 2.45) is 0 Å². The zero-order chi connectivity index (χ0) is 23.5. The number of hydrogen-bond donors (Lipinski definition) is 1. The number of rotatable bonds is 6. The summed E-state index contributed by atoms with van der Waals surface area (Å²) in [6.45, 7) is 0.196. The summed E-state index contributed by atoms with van der Waals surface area (Å²) < 4.78 is 38.7. The van der Waals surface area contributed by atoms with E-state index in [1.807, 2.05) is 0 Å². The van der Waals surface area contributed by atoms with E-state index in [0.29, 0.717) is 24.8 Å². The van der Waals surface area contributed by atoms with Crippen molar-refractivity contribution in [1.29, 1.82) is 0 Å². The van der Waals surface area contributed by atoms with Gasteiger partial charge >= 0.3 is 6.18 Å². The summed E-state index contributed by atoms with van der Waals surface area (Å²) in [5.74, 6) is -0.773. The van der Waals surface area contributed by atoms with Gasteiger partial charge in [-0.05, 0) is 42.3 Å². The fraction of sp³-hybridized carbons (Fsp3) is 0.190. The normalized spacial score (nSPS) is 15.5. The first kappa shape index (κ1) is 24.6. The third-order valence-corrected chi connectivity index (χ3v) is 6.61. The molecule has 1 aliphatic rings. The maximum atomic E-state index is 12.8. The van der Waals surface area contributed by atoms with Crippen LogP contribution in [0.3, 0.4) is 0 Å². The molecule has 1 heterocycles. The summed E-state index contributed by atoms with van der Waals surface area (Å²) in [5.41, 5.74) is -0.212. The van der Waals surface area contributed by atoms with Gasteiger partial charge in [-0.25, -0.2) is 0 Å². The van der Waals surface area contributed by atoms with E-state index >= 15 is 0 Å². The quantitative estimate of drug-likeness (QED) is 0.344. The average molecular weight is 519 g/mol. The van der Waals surface area contributed by atoms with Gasteiger partial charge in [0.1, 0.15) is 4.32 Å². The van der Waals surface area contributed by atoms with E-state index in [1.165, 1.54) is 17.0 Å². The highest BCUT2D eigenvalue weighted by Gasteiger charge is 2.32. The lowest BCUT2D eigenvalue weighted by Gasteiger charge is -2.14. The molecule has 11 heteroatoms. The second-order valence-corrected chi connectivity index (χ2v) is 9.17. The molecule has 0 atom stereocenters. The minimum Gasteiger partial charge on any atom is -0.326 e. The SMILES string of the molecule is O=C(CCCN1C(=O)/C(=C/c2cccc(Cl)c2Cl)SC1=S)Nc1cccc(C(F)(F)F)c1. The van der Waals surface area contributed by atoms with Crippen molar-refractivity contribution in [2.45, 2.75) is 19.0 Å². The molecular weight excluding hydrogens is 504 g/mol. The number of carbonyl (C=O) groups is 2. The maximum absolute atomic E-state index is 12.8. The lowest BCUT2D eigenvalue weighted by atomic mass is 10.2. The highest BCUT2D eigenvalue weighted by atomic mass is 35.5. The van der Waals surface area contributed by atoms with Gasteiger partial charge in [-0.1, -0.05) is 65.4 Å². The van der Waals surface area contributed by atoms with Crippen LogP contribution in [0.4, 0.5) is 18.9 Å². The van der Waals surface area contributed by atoms with E-state index in [2.05, 4.69) is 5.32 Å². The van der Waals surface area contributed by atoms with Crippen LogP contribution in [0.5, 0.6) is 0 Å². The smallest absolute Gasteiger partial charge is 0.326 e. The summed E-state index contributed by atoms with van der Waals surface area (Å²) in [6, 6.07) is 9.46. The molecule has 2 amide bonds. The number of anilines is 1. The fourth-order valence-electron chi connectivity index (χ4n) is 2.86. The highest BCUT2D eigenvalue weighted by Crippen LogP contribution is 2.35. The predicted octanol–water partition coefficient (Wildman–Crippen LogP) is 6.63. The van der Waals surface area contributed by atoms with Gasteiger partial charge in [0.25, 0.3) is 5.91 Å². The van der Waals surface area contributed by atoms with Crippen molar-refractivity contribution in [3.05, 3.63) is 68.5 Å². The van der Waals surface area contributed by atoms with Crippen LogP contribution in [0.25, 0.3) is 6.08 Å². The van der Waals surface area contributed by atoms with Gasteiger partial charge in [-0.15, -0.1) is 0 Å². The number of nitrogens with one attached hydrogen (secondary N) is 1. The second kappa shape index (κ2) is 10.2. The van der Waals surface area contributed by atoms with Gasteiger partial charge in [0.2, 0.25) is 5.91 Å². The van der Waals surface area contributed by atoms with Crippen molar-refractivity contribution < 1.29 is 22.8 Å². The topological polar surface area (TPSA) is 49.4 Å². The zero-order valence-corrected chi connectivity index (χ0v) is 19.4. The monoisotopic (exact) mass is 518 g/mol. The first-order valence-corrected chi connectivity index (χ1v) is 11.2. The summed E-state index contributed by atoms with van der Waals surface area (Å²) in [6.07, 6.45) is -2.60. The molecule has 0 radical (unpaired) electrons. The molecule has 32 heavy (non-hydrogen) atoms. The number of thioether (sulfide) groups is 1. The number of amides is 2. The van der Waals surface area contributed by atoms with Crippen LogP contribution < -0.4 is 5.32 Å². The van der Waals surface area contributed by atoms with Crippen LogP contribution in [-0.4, -0.2) is 27.6 Å². The van der Waals surface area contributed by atoms with E-state index in [0.717, 1.165) is 23.9 Å². The molecule has 0 spiro atoms. The molecule has 0 aliphatic carbocycles. The van der Waals surface area contributed by atoms with E-state index in [1.54, 1.807) is 24.3 Å². The molecule has 0 bridgehead atoms. The van der Waals surface area contributed by atoms with Crippen molar-refractivity contribution >= 4 is 75.1 Å². The Hall–Kier alpha value is -2.07. The van der Waals surface area contributed by atoms with Crippen LogP contribution in [0.2, 0.25) is 10.0 Å². The Bertz CT molecular complexity index is 1110. The van der Waals surface area contributed by atoms with Crippen LogP contribution in [0.1, 0.15) is 24.0 Å². The van der Waals surface area contributed by atoms with Gasteiger partial charge in [0, 0.05) is 18.7 Å². The lowest BCUT2D eigenvalue weighted by Crippen LogP contribution is -2.29. The van der Waals surface area contributed by atoms with E-state index < -0.39 is 17.6 Å². The third kappa shape index (κ3) is 6.04. The van der Waals surface area contributed by atoms with Crippen LogP contribution in [-0.2, 0) is 15.8 Å². The predicted molar refractivity (Wildman–Crippen MR) is 126 cm³/mol. The molecule has 1 fully saturated rings. The molecule has 4 nitrogen and oxygen atoms in total. The Kier molecular flexibility index (Phi) is 7.87. The molecule has 1 saturated heterocycles. The van der Waals surface area contributed by atoms with Crippen LogP contribution in [0, 0.1) is 0 Å². The zero-order valence-electron chi connectivity index (χ0n) is 16.2. The number of alkyl halides is 3. The summed E-state index contributed by atoms with van der Waals surface area (Å²) in [4.78, 5) is 26.6. The van der Waals surface area contributed by atoms with Gasteiger partial charge in [-0.3, -0.25) is 14.5 Å². The number of hydrogen-bond acceptors (Lipinski definition) is 4. The number of nitrogens with zero attached hydrogens (tertiary/aromatic N) is 1. The molecule has 0 unspecified atom stereocenters. The molecule has 2 aromatic rings. The molecule has 1 aliphatic heterocycles. The molecule has 3 rings (SSSR count). The summed E-state index contributed by atoms with van der Waals surface area (Å²) >= 11 is 18.5. The van der Waals surface area contributed by atoms with Crippen molar-refractivity contribution in [3.8, 4) is 0 Å². The minimum atomic E-state index is -4.50. The Labute approximate surface area is 201 Å². The third-order valence-electron chi connectivity index (χ3n) is 4.40. The van der Waals surface area contributed by atoms with Crippen molar-refractivity contribution in [2.75, 3.05) is 11.9 Å². The first-order chi connectivity index (χ1) is 15.1. The first-order valence-electron chi connectivity index (χ1n) is 9.23. The maximum Gasteiger partial charge on any atom is 0.416 e. The number of carbonyl (C=O) groups excluding carboxylic acids is 2. The fourth-order valence-corrected chi connectivity index (χ4v) is 4.52. The Morgan fingerprint density at radius 1 is 1.19 bits per heavy atom.